The van der Waals surface area contributed by atoms with Gasteiger partial charge in [0.1, 0.15) is 12.7 Å². The molecule has 8 heteroatoms. The van der Waals surface area contributed by atoms with Crippen LogP contribution in [0.5, 0.6) is 0 Å². The Labute approximate surface area is 177 Å². The lowest BCUT2D eigenvalue weighted by Crippen LogP contribution is -2.48. The van der Waals surface area contributed by atoms with Crippen LogP contribution in [0.1, 0.15) is 65.7 Å². The fourth-order valence-corrected chi connectivity index (χ4v) is 10.3. The standard InChI is InChI=1S/C21H36O6SSi/c1-15(2)29(16(3)4,17(5)6)26-14-21(27-28(8,23)24)20-12-10-9-11-19(20)13-25-18(7)22/h9-12,15-17,21H,13-14H2,1-8H3/t21-/m0/s1. The second-order valence-electron chi connectivity index (χ2n) is 8.40. The molecule has 0 aliphatic heterocycles. The summed E-state index contributed by atoms with van der Waals surface area (Å²) < 4.78 is 41.1. The number of carbonyl (C=O) groups excluding carboxylic acids is 1. The van der Waals surface area contributed by atoms with Gasteiger partial charge in [0.15, 0.2) is 8.32 Å². The van der Waals surface area contributed by atoms with Gasteiger partial charge in [0.05, 0.1) is 12.9 Å². The Morgan fingerprint density at radius 2 is 1.52 bits per heavy atom. The summed E-state index contributed by atoms with van der Waals surface area (Å²) in [6.45, 7) is 14.6. The van der Waals surface area contributed by atoms with Crippen molar-refractivity contribution in [1.29, 1.82) is 0 Å². The largest absolute Gasteiger partial charge is 0.461 e. The predicted molar refractivity (Wildman–Crippen MR) is 118 cm³/mol. The van der Waals surface area contributed by atoms with Crippen LogP contribution in [-0.2, 0) is 34.9 Å². The molecule has 0 heterocycles. The minimum Gasteiger partial charge on any atom is -0.461 e. The third kappa shape index (κ3) is 7.20. The number of esters is 1. The molecular weight excluding hydrogens is 408 g/mol. The summed E-state index contributed by atoms with van der Waals surface area (Å²) in [5.41, 5.74) is 2.43. The van der Waals surface area contributed by atoms with Crippen LogP contribution in [0.4, 0.5) is 0 Å². The first kappa shape index (κ1) is 25.8. The maximum Gasteiger partial charge on any atom is 0.302 e. The van der Waals surface area contributed by atoms with Crippen molar-refractivity contribution in [2.45, 2.75) is 77.8 Å². The third-order valence-corrected chi connectivity index (χ3v) is 12.0. The molecule has 166 valence electrons. The lowest BCUT2D eigenvalue weighted by molar-refractivity contribution is -0.142. The van der Waals surface area contributed by atoms with Gasteiger partial charge in [0.2, 0.25) is 0 Å². The van der Waals surface area contributed by atoms with Gasteiger partial charge in [-0.1, -0.05) is 65.8 Å². The van der Waals surface area contributed by atoms with Crippen LogP contribution in [0.3, 0.4) is 0 Å². The van der Waals surface area contributed by atoms with Crippen LogP contribution in [0.15, 0.2) is 24.3 Å². The SMILES string of the molecule is CC(=O)OCc1ccccc1[C@H](CO[Si](C(C)C)(C(C)C)C(C)C)OS(C)(=O)=O. The second kappa shape index (κ2) is 10.7. The molecule has 0 bridgehead atoms. The lowest BCUT2D eigenvalue weighted by atomic mass is 10.0. The van der Waals surface area contributed by atoms with Gasteiger partial charge >= 0.3 is 5.97 Å². The zero-order valence-electron chi connectivity index (χ0n) is 18.9. The van der Waals surface area contributed by atoms with Crippen molar-refractivity contribution in [3.8, 4) is 0 Å². The first-order valence-electron chi connectivity index (χ1n) is 10.0. The van der Waals surface area contributed by atoms with E-state index >= 15 is 0 Å². The second-order valence-corrected chi connectivity index (χ2v) is 15.5. The highest BCUT2D eigenvalue weighted by atomic mass is 32.2. The number of rotatable bonds is 11. The summed E-state index contributed by atoms with van der Waals surface area (Å²) in [5, 5.41) is 0. The maximum atomic E-state index is 12.0. The Kier molecular flexibility index (Phi) is 9.52. The van der Waals surface area contributed by atoms with E-state index in [4.69, 9.17) is 13.3 Å². The van der Waals surface area contributed by atoms with Crippen molar-refractivity contribution in [1.82, 2.24) is 0 Å². The first-order valence-corrected chi connectivity index (χ1v) is 14.0. The topological polar surface area (TPSA) is 78.9 Å². The van der Waals surface area contributed by atoms with Crippen molar-refractivity contribution in [2.24, 2.45) is 0 Å². The molecular formula is C21H36O6SSi. The number of ether oxygens (including phenoxy) is 1. The van der Waals surface area contributed by atoms with Gasteiger partial charge in [-0.15, -0.1) is 0 Å². The van der Waals surface area contributed by atoms with Crippen molar-refractivity contribution in [3.63, 3.8) is 0 Å². The van der Waals surface area contributed by atoms with Gasteiger partial charge in [-0.05, 0) is 27.8 Å². The molecule has 0 spiro atoms. The predicted octanol–water partition coefficient (Wildman–Crippen LogP) is 4.96. The Bertz CT molecular complexity index is 751. The monoisotopic (exact) mass is 444 g/mol. The van der Waals surface area contributed by atoms with Crippen molar-refractivity contribution >= 4 is 24.4 Å². The maximum absolute atomic E-state index is 12.0. The van der Waals surface area contributed by atoms with Crippen LogP contribution in [0.25, 0.3) is 0 Å². The summed E-state index contributed by atoms with van der Waals surface area (Å²) in [6.07, 6.45) is 0.229. The first-order chi connectivity index (χ1) is 13.3. The number of carbonyl (C=O) groups is 1. The minimum absolute atomic E-state index is 0.0518. The van der Waals surface area contributed by atoms with E-state index in [9.17, 15) is 13.2 Å². The highest BCUT2D eigenvalue weighted by molar-refractivity contribution is 7.86. The summed E-state index contributed by atoms with van der Waals surface area (Å²) >= 11 is 0. The molecule has 1 atom stereocenters. The molecule has 0 aromatic heterocycles. The fraction of sp³-hybridized carbons (Fsp3) is 0.667. The molecule has 1 rings (SSSR count). The minimum atomic E-state index is -3.72. The number of hydrogen-bond acceptors (Lipinski definition) is 6. The molecule has 0 aliphatic rings. The van der Waals surface area contributed by atoms with Crippen LogP contribution in [-0.4, -0.2) is 35.6 Å². The molecule has 1 aromatic carbocycles. The molecule has 0 fully saturated rings. The van der Waals surface area contributed by atoms with E-state index in [0.29, 0.717) is 27.8 Å². The molecule has 0 unspecified atom stereocenters. The van der Waals surface area contributed by atoms with E-state index in [-0.39, 0.29) is 13.2 Å². The molecule has 0 saturated carbocycles. The third-order valence-electron chi connectivity index (χ3n) is 5.32. The zero-order chi connectivity index (χ0) is 22.4. The van der Waals surface area contributed by atoms with Gasteiger partial charge in [-0.2, -0.15) is 8.42 Å². The van der Waals surface area contributed by atoms with E-state index in [0.717, 1.165) is 6.26 Å². The van der Waals surface area contributed by atoms with Crippen LogP contribution in [0.2, 0.25) is 16.6 Å². The van der Waals surface area contributed by atoms with Crippen molar-refractivity contribution < 1.29 is 26.6 Å². The normalized spacial score (nSPS) is 13.9. The van der Waals surface area contributed by atoms with Gasteiger partial charge in [-0.25, -0.2) is 0 Å². The van der Waals surface area contributed by atoms with Crippen LogP contribution < -0.4 is 0 Å². The molecule has 0 N–H and O–H groups in total. The average Bonchev–Trinajstić information content (AvgIpc) is 2.57. The summed E-state index contributed by atoms with van der Waals surface area (Å²) in [7, 11) is -5.93. The Balaban J connectivity index is 3.29. The summed E-state index contributed by atoms with van der Waals surface area (Å²) in [4.78, 5) is 11.2. The summed E-state index contributed by atoms with van der Waals surface area (Å²) in [6, 6.07) is 7.22. The molecule has 1 aromatic rings. The lowest BCUT2D eigenvalue weighted by Gasteiger charge is -2.43. The number of hydrogen-bond donors (Lipinski definition) is 0. The van der Waals surface area contributed by atoms with Gasteiger partial charge in [0.25, 0.3) is 10.1 Å². The molecule has 0 amide bonds. The van der Waals surface area contributed by atoms with Crippen molar-refractivity contribution in [3.05, 3.63) is 35.4 Å². The van der Waals surface area contributed by atoms with Crippen LogP contribution >= 0.6 is 0 Å². The fourth-order valence-electron chi connectivity index (χ4n) is 4.26. The molecule has 29 heavy (non-hydrogen) atoms. The van der Waals surface area contributed by atoms with Crippen LogP contribution in [0, 0.1) is 0 Å². The van der Waals surface area contributed by atoms with Gasteiger partial charge < -0.3 is 9.16 Å². The zero-order valence-corrected chi connectivity index (χ0v) is 20.7. The van der Waals surface area contributed by atoms with E-state index in [1.54, 1.807) is 12.1 Å². The molecule has 0 aliphatic carbocycles. The van der Waals surface area contributed by atoms with Gasteiger partial charge in [0, 0.05) is 6.92 Å². The molecule has 0 saturated heterocycles. The Morgan fingerprint density at radius 1 is 1.00 bits per heavy atom. The average molecular weight is 445 g/mol. The molecule has 6 nitrogen and oxygen atoms in total. The quantitative estimate of drug-likeness (QED) is 0.273. The van der Waals surface area contributed by atoms with E-state index in [1.807, 2.05) is 12.1 Å². The highest BCUT2D eigenvalue weighted by Crippen LogP contribution is 2.43. The Hall–Kier alpha value is -1.22. The van der Waals surface area contributed by atoms with E-state index in [2.05, 4.69) is 41.5 Å². The van der Waals surface area contributed by atoms with Gasteiger partial charge in [-0.3, -0.25) is 8.98 Å². The smallest absolute Gasteiger partial charge is 0.302 e. The van der Waals surface area contributed by atoms with Crippen molar-refractivity contribution in [2.75, 3.05) is 12.9 Å². The number of benzene rings is 1. The highest BCUT2D eigenvalue weighted by Gasteiger charge is 2.45. The Morgan fingerprint density at radius 3 is 1.97 bits per heavy atom. The molecule has 0 radical (unpaired) electrons. The van der Waals surface area contributed by atoms with E-state index < -0.39 is 30.5 Å². The van der Waals surface area contributed by atoms with E-state index in [1.165, 1.54) is 6.92 Å². The summed E-state index contributed by atoms with van der Waals surface area (Å²) in [5.74, 6) is -0.400.